The van der Waals surface area contributed by atoms with Crippen LogP contribution in [0.5, 0.6) is 5.75 Å². The van der Waals surface area contributed by atoms with E-state index in [0.29, 0.717) is 18.3 Å². The molecule has 0 radical (unpaired) electrons. The average molecular weight is 404 g/mol. The second kappa shape index (κ2) is 8.84. The van der Waals surface area contributed by atoms with Crippen LogP contribution in [0.4, 0.5) is 5.13 Å². The summed E-state index contributed by atoms with van der Waals surface area (Å²) in [4.78, 5) is 24.0. The number of hydrogen-bond donors (Lipinski definition) is 0. The Labute approximate surface area is 173 Å². The summed E-state index contributed by atoms with van der Waals surface area (Å²) in [6.07, 6.45) is 2.03. The van der Waals surface area contributed by atoms with Gasteiger partial charge < -0.3 is 4.74 Å². The molecule has 0 fully saturated rings. The lowest BCUT2D eigenvalue weighted by atomic mass is 10.1. The predicted octanol–water partition coefficient (Wildman–Crippen LogP) is 4.87. The van der Waals surface area contributed by atoms with Crippen LogP contribution in [0.1, 0.15) is 18.2 Å². The van der Waals surface area contributed by atoms with Gasteiger partial charge >= 0.3 is 0 Å². The normalized spacial score (nSPS) is 10.8. The van der Waals surface area contributed by atoms with E-state index in [-0.39, 0.29) is 12.3 Å². The zero-order valence-electron chi connectivity index (χ0n) is 16.1. The molecular weight excluding hydrogens is 382 g/mol. The summed E-state index contributed by atoms with van der Waals surface area (Å²) in [5, 5.41) is 0.688. The summed E-state index contributed by atoms with van der Waals surface area (Å²) in [7, 11) is 0. The number of aromatic nitrogens is 2. The lowest BCUT2D eigenvalue weighted by molar-refractivity contribution is -0.118. The van der Waals surface area contributed by atoms with Crippen molar-refractivity contribution >= 4 is 32.6 Å². The van der Waals surface area contributed by atoms with E-state index >= 15 is 0 Å². The summed E-state index contributed by atoms with van der Waals surface area (Å²) in [6, 6.07) is 21.3. The molecule has 0 aliphatic carbocycles. The molecule has 2 aromatic heterocycles. The van der Waals surface area contributed by atoms with Crippen LogP contribution in [-0.4, -0.2) is 22.5 Å². The predicted molar refractivity (Wildman–Crippen MR) is 116 cm³/mol. The maximum atomic E-state index is 13.2. The molecule has 0 saturated carbocycles. The zero-order valence-corrected chi connectivity index (χ0v) is 16.9. The van der Waals surface area contributed by atoms with Crippen molar-refractivity contribution in [3.63, 3.8) is 0 Å². The van der Waals surface area contributed by atoms with E-state index in [1.807, 2.05) is 73.7 Å². The van der Waals surface area contributed by atoms with Gasteiger partial charge in [0, 0.05) is 6.20 Å². The summed E-state index contributed by atoms with van der Waals surface area (Å²) in [5.41, 5.74) is 2.66. The van der Waals surface area contributed by atoms with Crippen LogP contribution in [0, 0.1) is 0 Å². The van der Waals surface area contributed by atoms with Gasteiger partial charge in [0.05, 0.1) is 35.5 Å². The number of carbonyl (C=O) groups excluding carboxylic acids is 1. The highest BCUT2D eigenvalue weighted by Crippen LogP contribution is 2.30. The first-order valence-corrected chi connectivity index (χ1v) is 10.3. The Morgan fingerprint density at radius 2 is 1.83 bits per heavy atom. The minimum Gasteiger partial charge on any atom is -0.494 e. The van der Waals surface area contributed by atoms with E-state index < -0.39 is 0 Å². The molecule has 0 atom stereocenters. The van der Waals surface area contributed by atoms with Crippen LogP contribution in [0.15, 0.2) is 72.9 Å². The van der Waals surface area contributed by atoms with Gasteiger partial charge in [-0.25, -0.2) is 4.98 Å². The number of carbonyl (C=O) groups is 1. The van der Waals surface area contributed by atoms with E-state index in [9.17, 15) is 4.79 Å². The number of anilines is 1. The van der Waals surface area contributed by atoms with Crippen molar-refractivity contribution in [2.75, 3.05) is 11.5 Å². The summed E-state index contributed by atoms with van der Waals surface area (Å²) in [6.45, 7) is 2.95. The third kappa shape index (κ3) is 4.60. The Balaban J connectivity index is 1.61. The molecule has 1 amide bonds. The zero-order chi connectivity index (χ0) is 20.1. The fraction of sp³-hybridized carbons (Fsp3) is 0.174. The Kier molecular flexibility index (Phi) is 5.81. The van der Waals surface area contributed by atoms with E-state index in [0.717, 1.165) is 27.2 Å². The topological polar surface area (TPSA) is 55.3 Å². The molecule has 0 aliphatic heterocycles. The molecule has 0 aliphatic rings. The SMILES string of the molecule is CCOc1ccc(CC(=O)N(Cc2ccccn2)c2nc3ccccc3s2)cc1. The number of rotatable bonds is 7. The number of amides is 1. The summed E-state index contributed by atoms with van der Waals surface area (Å²) in [5.74, 6) is 0.791. The lowest BCUT2D eigenvalue weighted by Crippen LogP contribution is -2.32. The number of pyridine rings is 1. The Morgan fingerprint density at radius 3 is 2.55 bits per heavy atom. The van der Waals surface area contributed by atoms with E-state index in [1.165, 1.54) is 11.3 Å². The van der Waals surface area contributed by atoms with Crippen molar-refractivity contribution in [3.05, 3.63) is 84.2 Å². The maximum absolute atomic E-state index is 13.2. The highest BCUT2D eigenvalue weighted by Gasteiger charge is 2.21. The third-order valence-corrected chi connectivity index (χ3v) is 5.51. The second-order valence-electron chi connectivity index (χ2n) is 6.52. The largest absolute Gasteiger partial charge is 0.494 e. The molecule has 0 bridgehead atoms. The Bertz CT molecular complexity index is 1060. The quantitative estimate of drug-likeness (QED) is 0.442. The maximum Gasteiger partial charge on any atom is 0.233 e. The molecule has 0 N–H and O–H groups in total. The van der Waals surface area contributed by atoms with Crippen molar-refractivity contribution in [2.45, 2.75) is 19.9 Å². The second-order valence-corrected chi connectivity index (χ2v) is 7.53. The van der Waals surface area contributed by atoms with Gasteiger partial charge in [-0.2, -0.15) is 0 Å². The van der Waals surface area contributed by atoms with Gasteiger partial charge in [-0.15, -0.1) is 0 Å². The molecule has 29 heavy (non-hydrogen) atoms. The van der Waals surface area contributed by atoms with Crippen LogP contribution in [-0.2, 0) is 17.8 Å². The van der Waals surface area contributed by atoms with Gasteiger partial charge in [-0.05, 0) is 48.9 Å². The summed E-state index contributed by atoms with van der Waals surface area (Å²) < 4.78 is 6.54. The van der Waals surface area contributed by atoms with Gasteiger partial charge in [0.15, 0.2) is 5.13 Å². The van der Waals surface area contributed by atoms with Crippen molar-refractivity contribution < 1.29 is 9.53 Å². The van der Waals surface area contributed by atoms with Crippen LogP contribution < -0.4 is 9.64 Å². The Morgan fingerprint density at radius 1 is 1.03 bits per heavy atom. The van der Waals surface area contributed by atoms with Crippen LogP contribution in [0.25, 0.3) is 10.2 Å². The smallest absolute Gasteiger partial charge is 0.233 e. The molecule has 0 spiro atoms. The molecule has 5 nitrogen and oxygen atoms in total. The standard InChI is InChI=1S/C23H21N3O2S/c1-2-28-19-12-10-17(11-13-19)15-22(27)26(16-18-7-5-6-14-24-18)23-25-20-8-3-4-9-21(20)29-23/h3-14H,2,15-16H2,1H3. The number of hydrogen-bond acceptors (Lipinski definition) is 5. The van der Waals surface area contributed by atoms with Gasteiger partial charge in [-0.1, -0.05) is 41.7 Å². The van der Waals surface area contributed by atoms with E-state index in [4.69, 9.17) is 4.74 Å². The Hall–Kier alpha value is -3.25. The summed E-state index contributed by atoms with van der Waals surface area (Å²) >= 11 is 1.52. The van der Waals surface area contributed by atoms with Crippen LogP contribution >= 0.6 is 11.3 Å². The number of benzene rings is 2. The van der Waals surface area contributed by atoms with Gasteiger partial charge in [0.2, 0.25) is 5.91 Å². The fourth-order valence-electron chi connectivity index (χ4n) is 3.03. The van der Waals surface area contributed by atoms with Crippen molar-refractivity contribution in [2.24, 2.45) is 0 Å². The molecule has 2 heterocycles. The third-order valence-electron chi connectivity index (χ3n) is 4.45. The van der Waals surface area contributed by atoms with Gasteiger partial charge in [0.25, 0.3) is 0 Å². The highest BCUT2D eigenvalue weighted by atomic mass is 32.1. The van der Waals surface area contributed by atoms with Crippen molar-refractivity contribution in [3.8, 4) is 5.75 Å². The van der Waals surface area contributed by atoms with Crippen molar-refractivity contribution in [1.82, 2.24) is 9.97 Å². The van der Waals surface area contributed by atoms with Gasteiger partial charge in [-0.3, -0.25) is 14.7 Å². The van der Waals surface area contributed by atoms with E-state index in [1.54, 1.807) is 11.1 Å². The molecule has 4 rings (SSSR count). The lowest BCUT2D eigenvalue weighted by Gasteiger charge is -2.19. The number of fused-ring (bicyclic) bond motifs is 1. The number of thiazole rings is 1. The monoisotopic (exact) mass is 403 g/mol. The minimum absolute atomic E-state index is 0.0149. The molecule has 6 heteroatoms. The minimum atomic E-state index is -0.0149. The number of ether oxygens (including phenoxy) is 1. The first-order valence-electron chi connectivity index (χ1n) is 9.50. The molecule has 4 aromatic rings. The first-order chi connectivity index (χ1) is 14.2. The molecule has 0 saturated heterocycles. The highest BCUT2D eigenvalue weighted by molar-refractivity contribution is 7.22. The first kappa shape index (κ1) is 19.1. The number of para-hydroxylation sites is 1. The molecule has 0 unspecified atom stereocenters. The average Bonchev–Trinajstić information content (AvgIpc) is 3.18. The molecular formula is C23H21N3O2S. The van der Waals surface area contributed by atoms with Crippen LogP contribution in [0.3, 0.4) is 0 Å². The van der Waals surface area contributed by atoms with E-state index in [2.05, 4.69) is 9.97 Å². The van der Waals surface area contributed by atoms with Crippen LogP contribution in [0.2, 0.25) is 0 Å². The van der Waals surface area contributed by atoms with Crippen molar-refractivity contribution in [1.29, 1.82) is 0 Å². The fourth-order valence-corrected chi connectivity index (χ4v) is 4.01. The molecule has 146 valence electrons. The van der Waals surface area contributed by atoms with Gasteiger partial charge in [0.1, 0.15) is 5.75 Å². The molecule has 2 aromatic carbocycles. The number of nitrogens with zero attached hydrogens (tertiary/aromatic N) is 3.